The first-order chi connectivity index (χ1) is 10.2. The lowest BCUT2D eigenvalue weighted by Crippen LogP contribution is -2.20. The lowest BCUT2D eigenvalue weighted by molar-refractivity contribution is 0.0672. The molecule has 0 bridgehead atoms. The van der Waals surface area contributed by atoms with Gasteiger partial charge >= 0.3 is 0 Å². The highest BCUT2D eigenvalue weighted by Gasteiger charge is 2.18. The molecule has 21 heavy (non-hydrogen) atoms. The Morgan fingerprint density at radius 3 is 2.90 bits per heavy atom. The zero-order valence-electron chi connectivity index (χ0n) is 13.6. The Balaban J connectivity index is 1.73. The van der Waals surface area contributed by atoms with E-state index in [0.717, 1.165) is 37.8 Å². The Morgan fingerprint density at radius 1 is 1.33 bits per heavy atom. The van der Waals surface area contributed by atoms with Crippen molar-refractivity contribution in [1.29, 1.82) is 0 Å². The van der Waals surface area contributed by atoms with Crippen molar-refractivity contribution in [2.45, 2.75) is 46.8 Å². The molecule has 1 aromatic heterocycles. The third-order valence-corrected chi connectivity index (χ3v) is 4.18. The van der Waals surface area contributed by atoms with E-state index in [2.05, 4.69) is 38.2 Å². The van der Waals surface area contributed by atoms with Crippen LogP contribution in [0.5, 0.6) is 0 Å². The molecule has 0 amide bonds. The molecule has 0 spiro atoms. The number of hydrogen-bond donors (Lipinski definition) is 1. The fourth-order valence-electron chi connectivity index (χ4n) is 2.68. The molecule has 0 fully saturated rings. The summed E-state index contributed by atoms with van der Waals surface area (Å²) in [5.41, 5.74) is 1.17. The van der Waals surface area contributed by atoms with E-state index in [4.69, 9.17) is 9.15 Å². The normalized spacial score (nSPS) is 22.1. The molecule has 2 unspecified atom stereocenters. The number of nitrogens with one attached hydrogen (secondary N) is 1. The van der Waals surface area contributed by atoms with Crippen molar-refractivity contribution >= 4 is 0 Å². The minimum Gasteiger partial charge on any atom is -0.468 e. The van der Waals surface area contributed by atoms with E-state index in [-0.39, 0.29) is 0 Å². The van der Waals surface area contributed by atoms with Crippen LogP contribution in [0.4, 0.5) is 0 Å². The van der Waals surface area contributed by atoms with Crippen LogP contribution in [0.25, 0.3) is 0 Å². The molecule has 3 heteroatoms. The number of furan rings is 1. The minimum atomic E-state index is 0.653. The lowest BCUT2D eigenvalue weighted by Gasteiger charge is -2.24. The van der Waals surface area contributed by atoms with Gasteiger partial charge in [0.25, 0.3) is 0 Å². The molecule has 2 atom stereocenters. The lowest BCUT2D eigenvalue weighted by atomic mass is 9.85. The van der Waals surface area contributed by atoms with Crippen LogP contribution in [0.3, 0.4) is 0 Å². The summed E-state index contributed by atoms with van der Waals surface area (Å²) >= 11 is 0. The van der Waals surface area contributed by atoms with E-state index in [1.807, 2.05) is 6.07 Å². The first-order valence-electron chi connectivity index (χ1n) is 8.15. The summed E-state index contributed by atoms with van der Waals surface area (Å²) in [6.07, 6.45) is 8.67. The van der Waals surface area contributed by atoms with Gasteiger partial charge in [0, 0.05) is 5.56 Å². The highest BCUT2D eigenvalue weighted by Crippen LogP contribution is 2.25. The van der Waals surface area contributed by atoms with Gasteiger partial charge in [0.15, 0.2) is 0 Å². The van der Waals surface area contributed by atoms with Crippen molar-refractivity contribution < 1.29 is 9.15 Å². The van der Waals surface area contributed by atoms with Gasteiger partial charge in [0.2, 0.25) is 0 Å². The van der Waals surface area contributed by atoms with Gasteiger partial charge in [0.05, 0.1) is 26.0 Å². The van der Waals surface area contributed by atoms with Crippen LogP contribution < -0.4 is 5.32 Å². The maximum atomic E-state index is 5.93. The summed E-state index contributed by atoms with van der Waals surface area (Å²) in [6, 6.07) is 2.02. The van der Waals surface area contributed by atoms with Gasteiger partial charge in [-0.2, -0.15) is 0 Å². The fraction of sp³-hybridized carbons (Fsp3) is 0.667. The summed E-state index contributed by atoms with van der Waals surface area (Å²) in [5.74, 6) is 3.05. The van der Waals surface area contributed by atoms with Crippen molar-refractivity contribution in [2.75, 3.05) is 13.2 Å². The van der Waals surface area contributed by atoms with Gasteiger partial charge in [-0.1, -0.05) is 32.9 Å². The van der Waals surface area contributed by atoms with Crippen LogP contribution in [0, 0.1) is 17.8 Å². The molecule has 1 aliphatic carbocycles. The van der Waals surface area contributed by atoms with E-state index in [9.17, 15) is 0 Å². The predicted molar refractivity (Wildman–Crippen MR) is 85.9 cm³/mol. The average Bonchev–Trinajstić information content (AvgIpc) is 2.88. The fourth-order valence-corrected chi connectivity index (χ4v) is 2.68. The first kappa shape index (κ1) is 16.3. The van der Waals surface area contributed by atoms with Crippen molar-refractivity contribution in [2.24, 2.45) is 17.8 Å². The van der Waals surface area contributed by atoms with Gasteiger partial charge in [-0.3, -0.25) is 0 Å². The zero-order chi connectivity index (χ0) is 15.1. The molecule has 0 saturated heterocycles. The number of hydrogen-bond acceptors (Lipinski definition) is 3. The van der Waals surface area contributed by atoms with E-state index < -0.39 is 0 Å². The number of rotatable bonds is 8. The molecule has 1 aliphatic rings. The minimum absolute atomic E-state index is 0.653. The Hall–Kier alpha value is -1.06. The second-order valence-corrected chi connectivity index (χ2v) is 6.59. The third kappa shape index (κ3) is 5.33. The molecule has 1 heterocycles. The van der Waals surface area contributed by atoms with Gasteiger partial charge in [-0.15, -0.1) is 0 Å². The summed E-state index contributed by atoms with van der Waals surface area (Å²) in [4.78, 5) is 0. The van der Waals surface area contributed by atoms with Gasteiger partial charge in [0.1, 0.15) is 5.76 Å². The quantitative estimate of drug-likeness (QED) is 0.731. The van der Waals surface area contributed by atoms with Crippen LogP contribution >= 0.6 is 0 Å². The number of allylic oxidation sites excluding steroid dienone is 2. The Morgan fingerprint density at radius 2 is 2.14 bits per heavy atom. The molecule has 0 aromatic carbocycles. The highest BCUT2D eigenvalue weighted by molar-refractivity contribution is 5.15. The molecule has 0 saturated carbocycles. The standard InChI is InChI=1S/C18H29NO2/c1-14(2)10-19-11-18-17(8-9-21-18)13-20-12-16-7-5-4-6-15(16)3/h4-5,8-9,14-16,19H,6-7,10-13H2,1-3H3. The van der Waals surface area contributed by atoms with Crippen molar-refractivity contribution in [3.05, 3.63) is 35.8 Å². The van der Waals surface area contributed by atoms with Crippen molar-refractivity contribution in [3.8, 4) is 0 Å². The molecular weight excluding hydrogens is 262 g/mol. The molecule has 0 radical (unpaired) electrons. The molecule has 1 N–H and O–H groups in total. The highest BCUT2D eigenvalue weighted by atomic mass is 16.5. The largest absolute Gasteiger partial charge is 0.468 e. The first-order valence-corrected chi connectivity index (χ1v) is 8.15. The van der Waals surface area contributed by atoms with Gasteiger partial charge in [-0.05, 0) is 43.2 Å². The van der Waals surface area contributed by atoms with Gasteiger partial charge < -0.3 is 14.5 Å². The average molecular weight is 291 g/mol. The predicted octanol–water partition coefficient (Wildman–Crippen LogP) is 4.14. The summed E-state index contributed by atoms with van der Waals surface area (Å²) in [6.45, 7) is 10.0. The maximum absolute atomic E-state index is 5.93. The summed E-state index contributed by atoms with van der Waals surface area (Å²) in [7, 11) is 0. The monoisotopic (exact) mass is 291 g/mol. The van der Waals surface area contributed by atoms with Crippen molar-refractivity contribution in [1.82, 2.24) is 5.32 Å². The SMILES string of the molecule is CC(C)CNCc1occc1COCC1CC=CCC1C. The zero-order valence-corrected chi connectivity index (χ0v) is 13.6. The summed E-state index contributed by atoms with van der Waals surface area (Å²) in [5, 5.41) is 3.42. The molecule has 2 rings (SSSR count). The van der Waals surface area contributed by atoms with Crippen molar-refractivity contribution in [3.63, 3.8) is 0 Å². The van der Waals surface area contributed by atoms with Crippen LogP contribution in [0.2, 0.25) is 0 Å². The number of ether oxygens (including phenoxy) is 1. The smallest absolute Gasteiger partial charge is 0.123 e. The van der Waals surface area contributed by atoms with Crippen LogP contribution in [0.1, 0.15) is 44.9 Å². The Labute approximate surface area is 128 Å². The molecule has 1 aromatic rings. The van der Waals surface area contributed by atoms with Crippen LogP contribution in [-0.2, 0) is 17.9 Å². The third-order valence-electron chi connectivity index (χ3n) is 4.18. The van der Waals surface area contributed by atoms with Crippen LogP contribution in [-0.4, -0.2) is 13.2 Å². The van der Waals surface area contributed by atoms with E-state index >= 15 is 0 Å². The Kier molecular flexibility index (Phi) is 6.52. The van der Waals surface area contributed by atoms with Crippen LogP contribution in [0.15, 0.2) is 28.9 Å². The van der Waals surface area contributed by atoms with E-state index in [1.165, 1.54) is 12.0 Å². The van der Waals surface area contributed by atoms with E-state index in [1.54, 1.807) is 6.26 Å². The molecule has 118 valence electrons. The molecular formula is C18H29NO2. The Bertz CT molecular complexity index is 436. The molecule has 3 nitrogen and oxygen atoms in total. The second-order valence-electron chi connectivity index (χ2n) is 6.59. The van der Waals surface area contributed by atoms with Gasteiger partial charge in [-0.25, -0.2) is 0 Å². The summed E-state index contributed by atoms with van der Waals surface area (Å²) < 4.78 is 11.5. The second kappa shape index (κ2) is 8.40. The topological polar surface area (TPSA) is 34.4 Å². The molecule has 0 aliphatic heterocycles. The maximum Gasteiger partial charge on any atom is 0.123 e. The van der Waals surface area contributed by atoms with E-state index in [0.29, 0.717) is 18.4 Å².